The summed E-state index contributed by atoms with van der Waals surface area (Å²) < 4.78 is 0. The van der Waals surface area contributed by atoms with Crippen LogP contribution >= 0.6 is 34.8 Å². The van der Waals surface area contributed by atoms with Crippen molar-refractivity contribution in [3.63, 3.8) is 0 Å². The molecule has 2 aromatic carbocycles. The van der Waals surface area contributed by atoms with Crippen molar-refractivity contribution in [1.82, 2.24) is 0 Å². The molecule has 0 spiro atoms. The quantitative estimate of drug-likeness (QED) is 0.633. The third-order valence-electron chi connectivity index (χ3n) is 3.04. The molecule has 0 aliphatic heterocycles. The van der Waals surface area contributed by atoms with Crippen LogP contribution in [0.2, 0.25) is 15.1 Å². The number of rotatable bonds is 6. The molecular formula is C16H16Cl3N. The molecular weight excluding hydrogens is 313 g/mol. The number of unbranched alkanes of at least 4 members (excludes halogenated alkanes) is 1. The van der Waals surface area contributed by atoms with Gasteiger partial charge in [-0.1, -0.05) is 65.1 Å². The highest BCUT2D eigenvalue weighted by Gasteiger charge is 2.06. The van der Waals surface area contributed by atoms with Gasteiger partial charge in [-0.2, -0.15) is 0 Å². The minimum Gasteiger partial charge on any atom is -0.383 e. The van der Waals surface area contributed by atoms with Crippen molar-refractivity contribution in [2.45, 2.75) is 19.3 Å². The van der Waals surface area contributed by atoms with Gasteiger partial charge in [-0.25, -0.2) is 0 Å². The van der Waals surface area contributed by atoms with E-state index in [1.807, 2.05) is 6.07 Å². The number of hydrogen-bond acceptors (Lipinski definition) is 1. The van der Waals surface area contributed by atoms with Gasteiger partial charge in [0.2, 0.25) is 0 Å². The Morgan fingerprint density at radius 2 is 1.50 bits per heavy atom. The van der Waals surface area contributed by atoms with Crippen LogP contribution in [0.1, 0.15) is 18.4 Å². The number of nitrogens with one attached hydrogen (secondary N) is 1. The van der Waals surface area contributed by atoms with E-state index in [1.165, 1.54) is 5.56 Å². The predicted molar refractivity (Wildman–Crippen MR) is 89.3 cm³/mol. The lowest BCUT2D eigenvalue weighted by molar-refractivity contribution is 0.763. The number of aryl methyl sites for hydroxylation is 1. The molecule has 20 heavy (non-hydrogen) atoms. The fourth-order valence-corrected chi connectivity index (χ4v) is 2.97. The first-order valence-corrected chi connectivity index (χ1v) is 7.72. The van der Waals surface area contributed by atoms with Crippen LogP contribution < -0.4 is 5.32 Å². The summed E-state index contributed by atoms with van der Waals surface area (Å²) in [6.45, 7) is 0.841. The smallest absolute Gasteiger partial charge is 0.0720 e. The Morgan fingerprint density at radius 1 is 0.850 bits per heavy atom. The van der Waals surface area contributed by atoms with Crippen LogP contribution in [0.4, 0.5) is 5.69 Å². The zero-order chi connectivity index (χ0) is 14.4. The summed E-state index contributed by atoms with van der Waals surface area (Å²) >= 11 is 18.1. The molecule has 0 aliphatic carbocycles. The maximum absolute atomic E-state index is 6.11. The zero-order valence-corrected chi connectivity index (χ0v) is 13.3. The minimum absolute atomic E-state index is 0.551. The molecule has 0 aromatic heterocycles. The first-order valence-electron chi connectivity index (χ1n) is 6.59. The minimum atomic E-state index is 0.551. The number of hydrogen-bond donors (Lipinski definition) is 1. The van der Waals surface area contributed by atoms with Crippen molar-refractivity contribution >= 4 is 40.5 Å². The van der Waals surface area contributed by atoms with E-state index in [0.29, 0.717) is 15.1 Å². The van der Waals surface area contributed by atoms with Crippen molar-refractivity contribution in [2.24, 2.45) is 0 Å². The van der Waals surface area contributed by atoms with E-state index in [2.05, 4.69) is 29.6 Å². The number of anilines is 1. The molecule has 2 rings (SSSR count). The van der Waals surface area contributed by atoms with Gasteiger partial charge < -0.3 is 5.32 Å². The van der Waals surface area contributed by atoms with Gasteiger partial charge in [0.1, 0.15) is 0 Å². The van der Waals surface area contributed by atoms with Crippen LogP contribution in [0, 0.1) is 0 Å². The van der Waals surface area contributed by atoms with Crippen molar-refractivity contribution < 1.29 is 0 Å². The predicted octanol–water partition coefficient (Wildman–Crippen LogP) is 6.08. The lowest BCUT2D eigenvalue weighted by atomic mass is 10.1. The summed E-state index contributed by atoms with van der Waals surface area (Å²) in [5, 5.41) is 4.94. The average Bonchev–Trinajstić information content (AvgIpc) is 2.42. The number of halogens is 3. The van der Waals surface area contributed by atoms with Gasteiger partial charge in [0.05, 0.1) is 15.7 Å². The van der Waals surface area contributed by atoms with Crippen LogP contribution in [-0.4, -0.2) is 6.54 Å². The Kier molecular flexibility index (Phi) is 6.03. The Balaban J connectivity index is 1.76. The van der Waals surface area contributed by atoms with E-state index >= 15 is 0 Å². The fourth-order valence-electron chi connectivity index (χ4n) is 2.02. The molecule has 4 heteroatoms. The fraction of sp³-hybridized carbons (Fsp3) is 0.250. The van der Waals surface area contributed by atoms with E-state index < -0.39 is 0 Å². The van der Waals surface area contributed by atoms with Gasteiger partial charge >= 0.3 is 0 Å². The molecule has 0 radical (unpaired) electrons. The van der Waals surface area contributed by atoms with Gasteiger partial charge in [-0.15, -0.1) is 0 Å². The molecule has 0 bridgehead atoms. The van der Waals surface area contributed by atoms with Crippen molar-refractivity contribution in [2.75, 3.05) is 11.9 Å². The van der Waals surface area contributed by atoms with E-state index in [1.54, 1.807) is 12.1 Å². The summed E-state index contributed by atoms with van der Waals surface area (Å²) in [5.41, 5.74) is 2.13. The Morgan fingerprint density at radius 3 is 2.15 bits per heavy atom. The topological polar surface area (TPSA) is 12.0 Å². The summed E-state index contributed by atoms with van der Waals surface area (Å²) in [6, 6.07) is 13.9. The average molecular weight is 329 g/mol. The highest BCUT2D eigenvalue weighted by molar-refractivity contribution is 6.41. The van der Waals surface area contributed by atoms with Crippen LogP contribution in [0.5, 0.6) is 0 Å². The molecule has 0 saturated heterocycles. The third-order valence-corrected chi connectivity index (χ3v) is 3.86. The molecule has 0 atom stereocenters. The van der Waals surface area contributed by atoms with Crippen molar-refractivity contribution in [3.8, 4) is 0 Å². The van der Waals surface area contributed by atoms with Gasteiger partial charge in [0, 0.05) is 11.6 Å². The summed E-state index contributed by atoms with van der Waals surface area (Å²) in [5.74, 6) is 0. The highest BCUT2D eigenvalue weighted by atomic mass is 35.5. The maximum Gasteiger partial charge on any atom is 0.0720 e. The standard InChI is InChI=1S/C16H16Cl3N/c17-13-10-14(18)16(15(19)11-13)20-9-5-4-8-12-6-2-1-3-7-12/h1-3,6-7,10-11,20H,4-5,8-9H2. The SMILES string of the molecule is Clc1cc(Cl)c(NCCCCc2ccccc2)c(Cl)c1. The van der Waals surface area contributed by atoms with Gasteiger partial charge in [-0.05, 0) is 37.0 Å². The molecule has 106 valence electrons. The Hall–Kier alpha value is -0.890. The Bertz CT molecular complexity index is 532. The van der Waals surface area contributed by atoms with Crippen LogP contribution in [0.3, 0.4) is 0 Å². The molecule has 0 heterocycles. The maximum atomic E-state index is 6.11. The lowest BCUT2D eigenvalue weighted by Crippen LogP contribution is -2.03. The largest absolute Gasteiger partial charge is 0.383 e. The van der Waals surface area contributed by atoms with Crippen molar-refractivity contribution in [1.29, 1.82) is 0 Å². The zero-order valence-electron chi connectivity index (χ0n) is 11.0. The highest BCUT2D eigenvalue weighted by Crippen LogP contribution is 2.33. The molecule has 0 amide bonds. The molecule has 1 nitrogen and oxygen atoms in total. The molecule has 0 saturated carbocycles. The van der Waals surface area contributed by atoms with Crippen LogP contribution in [0.25, 0.3) is 0 Å². The summed E-state index contributed by atoms with van der Waals surface area (Å²) in [7, 11) is 0. The van der Waals surface area contributed by atoms with Crippen molar-refractivity contribution in [3.05, 3.63) is 63.1 Å². The molecule has 0 fully saturated rings. The molecule has 1 N–H and O–H groups in total. The normalized spacial score (nSPS) is 10.6. The molecule has 0 aliphatic rings. The molecule has 2 aromatic rings. The third kappa shape index (κ3) is 4.59. The second-order valence-corrected chi connectivity index (χ2v) is 5.86. The van der Waals surface area contributed by atoms with Gasteiger partial charge in [0.25, 0.3) is 0 Å². The second kappa shape index (κ2) is 7.78. The first kappa shape index (κ1) is 15.5. The first-order chi connectivity index (χ1) is 9.66. The Labute approximate surface area is 134 Å². The van der Waals surface area contributed by atoms with E-state index in [-0.39, 0.29) is 0 Å². The second-order valence-electron chi connectivity index (χ2n) is 4.61. The van der Waals surface area contributed by atoms with Crippen LogP contribution in [-0.2, 0) is 6.42 Å². The number of benzene rings is 2. The summed E-state index contributed by atoms with van der Waals surface area (Å²) in [6.07, 6.45) is 3.27. The van der Waals surface area contributed by atoms with E-state index in [9.17, 15) is 0 Å². The molecule has 0 unspecified atom stereocenters. The van der Waals surface area contributed by atoms with Gasteiger partial charge in [0.15, 0.2) is 0 Å². The van der Waals surface area contributed by atoms with E-state index in [4.69, 9.17) is 34.8 Å². The van der Waals surface area contributed by atoms with Crippen LogP contribution in [0.15, 0.2) is 42.5 Å². The van der Waals surface area contributed by atoms with E-state index in [0.717, 1.165) is 31.5 Å². The summed E-state index contributed by atoms with van der Waals surface area (Å²) in [4.78, 5) is 0. The van der Waals surface area contributed by atoms with Gasteiger partial charge in [-0.3, -0.25) is 0 Å². The lowest BCUT2D eigenvalue weighted by Gasteiger charge is -2.10. The monoisotopic (exact) mass is 327 g/mol.